The van der Waals surface area contributed by atoms with E-state index in [-0.39, 0.29) is 0 Å². The van der Waals surface area contributed by atoms with Crippen LogP contribution in [0.5, 0.6) is 0 Å². The van der Waals surface area contributed by atoms with E-state index in [0.29, 0.717) is 5.92 Å². The minimum atomic E-state index is 0.708. The van der Waals surface area contributed by atoms with E-state index in [9.17, 15) is 0 Å². The van der Waals surface area contributed by atoms with E-state index < -0.39 is 0 Å². The molecule has 1 aliphatic heterocycles. The first-order valence-electron chi connectivity index (χ1n) is 4.28. The fourth-order valence-corrected chi connectivity index (χ4v) is 2.44. The molecule has 0 aromatic heterocycles. The van der Waals surface area contributed by atoms with Gasteiger partial charge in [-0.1, -0.05) is 32.9 Å². The molecule has 0 unspecified atom stereocenters. The third-order valence-corrected chi connectivity index (χ3v) is 3.28. The molecule has 0 fully saturated rings. The van der Waals surface area contributed by atoms with Gasteiger partial charge < -0.3 is 0 Å². The average Bonchev–Trinajstić information content (AvgIpc) is 2.04. The molecule has 0 N–H and O–H groups in total. The first kappa shape index (κ1) is 8.92. The number of thioether (sulfide) groups is 1. The topological polar surface area (TPSA) is 0 Å². The maximum atomic E-state index is 2.28. The van der Waals surface area contributed by atoms with Crippen molar-refractivity contribution in [1.82, 2.24) is 0 Å². The molecule has 0 atom stereocenters. The molecule has 0 aromatic rings. The second kappa shape index (κ2) is 4.01. The van der Waals surface area contributed by atoms with Crippen molar-refractivity contribution in [2.24, 2.45) is 5.92 Å². The van der Waals surface area contributed by atoms with Crippen molar-refractivity contribution in [2.45, 2.75) is 27.2 Å². The Morgan fingerprint density at radius 1 is 1.55 bits per heavy atom. The van der Waals surface area contributed by atoms with Gasteiger partial charge in [0.2, 0.25) is 0 Å². The van der Waals surface area contributed by atoms with Crippen molar-refractivity contribution in [2.75, 3.05) is 5.75 Å². The summed E-state index contributed by atoms with van der Waals surface area (Å²) in [5, 5.41) is 0. The summed E-state index contributed by atoms with van der Waals surface area (Å²) in [6.45, 7) is 6.78. The number of rotatable bonds is 2. The van der Waals surface area contributed by atoms with E-state index in [1.54, 1.807) is 4.91 Å². The summed E-state index contributed by atoms with van der Waals surface area (Å²) < 4.78 is 0. The quantitative estimate of drug-likeness (QED) is 0.607. The molecular weight excluding hydrogens is 152 g/mol. The van der Waals surface area contributed by atoms with Crippen LogP contribution < -0.4 is 0 Å². The van der Waals surface area contributed by atoms with Gasteiger partial charge in [-0.15, -0.1) is 11.8 Å². The van der Waals surface area contributed by atoms with Crippen LogP contribution in [0.25, 0.3) is 0 Å². The van der Waals surface area contributed by atoms with E-state index in [4.69, 9.17) is 0 Å². The number of hydrogen-bond donors (Lipinski definition) is 0. The predicted octanol–water partition coefficient (Wildman–Crippen LogP) is 3.61. The Bertz CT molecular complexity index is 187. The van der Waals surface area contributed by atoms with Crippen LogP contribution in [-0.2, 0) is 0 Å². The van der Waals surface area contributed by atoms with Crippen LogP contribution in [0, 0.1) is 5.92 Å². The van der Waals surface area contributed by atoms with Gasteiger partial charge in [-0.3, -0.25) is 0 Å². The van der Waals surface area contributed by atoms with Crippen LogP contribution in [0.4, 0.5) is 0 Å². The largest absolute Gasteiger partial charge is 0.126 e. The average molecular weight is 168 g/mol. The first-order valence-corrected chi connectivity index (χ1v) is 5.26. The monoisotopic (exact) mass is 168 g/mol. The second-order valence-electron chi connectivity index (χ2n) is 3.11. The van der Waals surface area contributed by atoms with Gasteiger partial charge in [0.25, 0.3) is 0 Å². The summed E-state index contributed by atoms with van der Waals surface area (Å²) in [7, 11) is 0. The molecule has 0 bridgehead atoms. The highest BCUT2D eigenvalue weighted by molar-refractivity contribution is 8.03. The van der Waals surface area contributed by atoms with Crippen molar-refractivity contribution in [3.05, 3.63) is 22.6 Å². The van der Waals surface area contributed by atoms with Gasteiger partial charge in [0, 0.05) is 5.75 Å². The van der Waals surface area contributed by atoms with Gasteiger partial charge in [0.05, 0.1) is 0 Å². The summed E-state index contributed by atoms with van der Waals surface area (Å²) in [6.07, 6.45) is 5.72. The Labute approximate surface area is 73.8 Å². The maximum absolute atomic E-state index is 2.28. The van der Waals surface area contributed by atoms with Gasteiger partial charge in [0.15, 0.2) is 0 Å². The Balaban J connectivity index is 2.82. The zero-order valence-corrected chi connectivity index (χ0v) is 8.37. The van der Waals surface area contributed by atoms with Crippen LogP contribution in [-0.4, -0.2) is 5.75 Å². The SMILES string of the molecule is CCC1=C(C(C)C)SCC=C1. The lowest BCUT2D eigenvalue weighted by atomic mass is 10.1. The van der Waals surface area contributed by atoms with Crippen molar-refractivity contribution in [3.8, 4) is 0 Å². The molecular formula is C10H16S. The van der Waals surface area contributed by atoms with E-state index >= 15 is 0 Å². The molecule has 0 radical (unpaired) electrons. The summed E-state index contributed by atoms with van der Waals surface area (Å²) in [6, 6.07) is 0. The second-order valence-corrected chi connectivity index (χ2v) is 4.17. The van der Waals surface area contributed by atoms with E-state index in [1.807, 2.05) is 11.8 Å². The fraction of sp³-hybridized carbons (Fsp3) is 0.600. The smallest absolute Gasteiger partial charge is 0.0161 e. The van der Waals surface area contributed by atoms with E-state index in [0.717, 1.165) is 5.75 Å². The lowest BCUT2D eigenvalue weighted by Crippen LogP contribution is -1.98. The molecule has 0 saturated carbocycles. The third kappa shape index (κ3) is 2.13. The van der Waals surface area contributed by atoms with Gasteiger partial charge in [-0.05, 0) is 22.8 Å². The van der Waals surface area contributed by atoms with Crippen molar-refractivity contribution in [3.63, 3.8) is 0 Å². The molecule has 0 nitrogen and oxygen atoms in total. The highest BCUT2D eigenvalue weighted by Gasteiger charge is 2.10. The Morgan fingerprint density at radius 2 is 2.27 bits per heavy atom. The highest BCUT2D eigenvalue weighted by Crippen LogP contribution is 2.32. The van der Waals surface area contributed by atoms with E-state index in [2.05, 4.69) is 32.9 Å². The minimum absolute atomic E-state index is 0.708. The Morgan fingerprint density at radius 3 is 2.73 bits per heavy atom. The molecule has 0 amide bonds. The van der Waals surface area contributed by atoms with Crippen LogP contribution in [0.2, 0.25) is 0 Å². The van der Waals surface area contributed by atoms with E-state index in [1.165, 1.54) is 12.0 Å². The molecule has 1 heteroatoms. The zero-order valence-electron chi connectivity index (χ0n) is 7.55. The Hall–Kier alpha value is -0.170. The third-order valence-electron chi connectivity index (χ3n) is 1.88. The van der Waals surface area contributed by atoms with Crippen LogP contribution in [0.15, 0.2) is 22.6 Å². The lowest BCUT2D eigenvalue weighted by Gasteiger charge is -2.17. The summed E-state index contributed by atoms with van der Waals surface area (Å²) in [5.41, 5.74) is 1.54. The Kier molecular flexibility index (Phi) is 3.25. The molecule has 0 saturated heterocycles. The summed E-state index contributed by atoms with van der Waals surface area (Å²) in [4.78, 5) is 1.59. The predicted molar refractivity (Wildman–Crippen MR) is 53.8 cm³/mol. The standard InChI is InChI=1S/C10H16S/c1-4-9-6-5-7-11-10(9)8(2)3/h5-6,8H,4,7H2,1-3H3. The van der Waals surface area contributed by atoms with Gasteiger partial charge >= 0.3 is 0 Å². The van der Waals surface area contributed by atoms with Crippen molar-refractivity contribution >= 4 is 11.8 Å². The van der Waals surface area contributed by atoms with Gasteiger partial charge in [-0.25, -0.2) is 0 Å². The summed E-state index contributed by atoms with van der Waals surface area (Å²) in [5.74, 6) is 1.87. The zero-order chi connectivity index (χ0) is 8.27. The molecule has 11 heavy (non-hydrogen) atoms. The molecule has 0 spiro atoms. The van der Waals surface area contributed by atoms with Gasteiger partial charge in [0.1, 0.15) is 0 Å². The minimum Gasteiger partial charge on any atom is -0.126 e. The van der Waals surface area contributed by atoms with Crippen LogP contribution >= 0.6 is 11.8 Å². The van der Waals surface area contributed by atoms with Crippen LogP contribution in [0.3, 0.4) is 0 Å². The highest BCUT2D eigenvalue weighted by atomic mass is 32.2. The summed E-state index contributed by atoms with van der Waals surface area (Å²) >= 11 is 2.00. The molecule has 1 rings (SSSR count). The van der Waals surface area contributed by atoms with Gasteiger partial charge in [-0.2, -0.15) is 0 Å². The fourth-order valence-electron chi connectivity index (χ4n) is 1.33. The normalized spacial score (nSPS) is 18.2. The number of hydrogen-bond acceptors (Lipinski definition) is 1. The molecule has 62 valence electrons. The molecule has 1 heterocycles. The van der Waals surface area contributed by atoms with Crippen molar-refractivity contribution < 1.29 is 0 Å². The molecule has 0 aromatic carbocycles. The maximum Gasteiger partial charge on any atom is 0.0161 e. The number of allylic oxidation sites excluding steroid dienone is 3. The molecule has 0 aliphatic carbocycles. The lowest BCUT2D eigenvalue weighted by molar-refractivity contribution is 0.802. The first-order chi connectivity index (χ1) is 5.25. The van der Waals surface area contributed by atoms with Crippen LogP contribution in [0.1, 0.15) is 27.2 Å². The van der Waals surface area contributed by atoms with Crippen molar-refractivity contribution in [1.29, 1.82) is 0 Å². The molecule has 1 aliphatic rings.